The van der Waals surface area contributed by atoms with Crippen molar-refractivity contribution in [3.63, 3.8) is 0 Å². The number of rotatable bonds is 4. The number of ether oxygens (including phenoxy) is 1. The third-order valence-corrected chi connectivity index (χ3v) is 5.90. The van der Waals surface area contributed by atoms with Gasteiger partial charge in [-0.05, 0) is 6.92 Å². The number of amides is 1. The summed E-state index contributed by atoms with van der Waals surface area (Å²) in [5.41, 5.74) is 0.650. The molecule has 1 aromatic carbocycles. The van der Waals surface area contributed by atoms with E-state index >= 15 is 0 Å². The lowest BCUT2D eigenvalue weighted by Gasteiger charge is -2.32. The molecule has 1 aliphatic rings. The topological polar surface area (TPSA) is 93.0 Å². The summed E-state index contributed by atoms with van der Waals surface area (Å²) in [6, 6.07) is 9.01. The lowest BCUT2D eigenvalue weighted by molar-refractivity contribution is 0.0934. The molecule has 0 unspecified atom stereocenters. The van der Waals surface area contributed by atoms with Crippen LogP contribution in [0, 0.1) is 6.92 Å². The fourth-order valence-electron chi connectivity index (χ4n) is 2.80. The molecule has 0 bridgehead atoms. The average Bonchev–Trinajstić information content (AvgIpc) is 3.05. The summed E-state index contributed by atoms with van der Waals surface area (Å²) in [4.78, 5) is 17.4. The number of nitrogens with zero attached hydrogens (tertiary/aromatic N) is 3. The molecule has 0 atom stereocenters. The largest absolute Gasteiger partial charge is 0.450 e. The Bertz CT molecular complexity index is 871. The zero-order valence-corrected chi connectivity index (χ0v) is 15.5. The number of aryl methyl sites for hydroxylation is 1. The molecule has 140 valence electrons. The van der Waals surface area contributed by atoms with Crippen LogP contribution in [0.3, 0.4) is 0 Å². The van der Waals surface area contributed by atoms with Gasteiger partial charge in [0.25, 0.3) is 10.0 Å². The molecular formula is C17H21N3O5S. The van der Waals surface area contributed by atoms with Crippen molar-refractivity contribution in [2.24, 2.45) is 0 Å². The van der Waals surface area contributed by atoms with Crippen molar-refractivity contribution in [3.8, 4) is 11.3 Å². The van der Waals surface area contributed by atoms with E-state index in [1.807, 2.05) is 18.2 Å². The van der Waals surface area contributed by atoms with Gasteiger partial charge in [-0.25, -0.2) is 18.2 Å². The Kier molecular flexibility index (Phi) is 5.28. The van der Waals surface area contributed by atoms with Crippen LogP contribution in [0.2, 0.25) is 0 Å². The molecule has 1 saturated heterocycles. The number of hydrogen-bond donors (Lipinski definition) is 0. The van der Waals surface area contributed by atoms with Crippen LogP contribution in [0.25, 0.3) is 11.3 Å². The first-order chi connectivity index (χ1) is 12.4. The van der Waals surface area contributed by atoms with Gasteiger partial charge in [-0.1, -0.05) is 30.3 Å². The van der Waals surface area contributed by atoms with E-state index in [2.05, 4.69) is 4.98 Å². The highest BCUT2D eigenvalue weighted by molar-refractivity contribution is 7.89. The van der Waals surface area contributed by atoms with Crippen molar-refractivity contribution in [2.45, 2.75) is 18.9 Å². The molecule has 0 N–H and O–H groups in total. The molecule has 1 aromatic heterocycles. The first kappa shape index (κ1) is 18.4. The van der Waals surface area contributed by atoms with Crippen LogP contribution in [0.4, 0.5) is 4.79 Å². The molecule has 9 heteroatoms. The fraction of sp³-hybridized carbons (Fsp3) is 0.412. The van der Waals surface area contributed by atoms with Gasteiger partial charge in [0.15, 0.2) is 11.7 Å². The van der Waals surface area contributed by atoms with E-state index < -0.39 is 16.1 Å². The third kappa shape index (κ3) is 3.58. The molecule has 1 aliphatic heterocycles. The van der Waals surface area contributed by atoms with Crippen molar-refractivity contribution >= 4 is 16.1 Å². The van der Waals surface area contributed by atoms with Crippen LogP contribution in [0.15, 0.2) is 39.8 Å². The number of aromatic nitrogens is 1. The predicted molar refractivity (Wildman–Crippen MR) is 94.0 cm³/mol. The zero-order chi connectivity index (χ0) is 18.7. The molecule has 3 rings (SSSR count). The van der Waals surface area contributed by atoms with E-state index in [0.717, 1.165) is 0 Å². The normalized spacial score (nSPS) is 15.8. The van der Waals surface area contributed by atoms with Gasteiger partial charge < -0.3 is 14.1 Å². The van der Waals surface area contributed by atoms with Crippen molar-refractivity contribution in [1.82, 2.24) is 14.2 Å². The zero-order valence-electron chi connectivity index (χ0n) is 14.7. The van der Waals surface area contributed by atoms with Crippen molar-refractivity contribution in [1.29, 1.82) is 0 Å². The number of piperazine rings is 1. The van der Waals surface area contributed by atoms with E-state index in [0.29, 0.717) is 5.56 Å². The molecule has 0 saturated carbocycles. The predicted octanol–water partition coefficient (Wildman–Crippen LogP) is 2.11. The average molecular weight is 379 g/mol. The first-order valence-corrected chi connectivity index (χ1v) is 9.82. The summed E-state index contributed by atoms with van der Waals surface area (Å²) < 4.78 is 38.0. The number of hydrogen-bond acceptors (Lipinski definition) is 6. The SMILES string of the molecule is CCOC(=O)N1CCN(S(=O)(=O)c2nc(C)oc2-c2ccccc2)CC1. The van der Waals surface area contributed by atoms with Crippen LogP contribution in [-0.4, -0.2) is 61.5 Å². The minimum absolute atomic E-state index is 0.0919. The van der Waals surface area contributed by atoms with Crippen LogP contribution in [0.5, 0.6) is 0 Å². The number of carbonyl (C=O) groups excluding carboxylic acids is 1. The van der Waals surface area contributed by atoms with Crippen LogP contribution in [0.1, 0.15) is 12.8 Å². The van der Waals surface area contributed by atoms with Gasteiger partial charge in [0.1, 0.15) is 0 Å². The molecule has 2 heterocycles. The maximum Gasteiger partial charge on any atom is 0.409 e. The van der Waals surface area contributed by atoms with Gasteiger partial charge in [0.2, 0.25) is 5.03 Å². The van der Waals surface area contributed by atoms with E-state index in [9.17, 15) is 13.2 Å². The highest BCUT2D eigenvalue weighted by Gasteiger charge is 2.35. The van der Waals surface area contributed by atoms with Gasteiger partial charge in [-0.2, -0.15) is 4.31 Å². The van der Waals surface area contributed by atoms with Crippen molar-refractivity contribution < 1.29 is 22.4 Å². The number of sulfonamides is 1. The van der Waals surface area contributed by atoms with Crippen LogP contribution in [-0.2, 0) is 14.8 Å². The minimum Gasteiger partial charge on any atom is -0.450 e. The van der Waals surface area contributed by atoms with Gasteiger partial charge in [0, 0.05) is 38.7 Å². The van der Waals surface area contributed by atoms with E-state index in [4.69, 9.17) is 9.15 Å². The molecule has 1 amide bonds. The van der Waals surface area contributed by atoms with E-state index in [1.165, 1.54) is 9.21 Å². The summed E-state index contributed by atoms with van der Waals surface area (Å²) in [6.45, 7) is 4.55. The summed E-state index contributed by atoms with van der Waals surface area (Å²) in [6.07, 6.45) is -0.424. The number of carbonyl (C=O) groups is 1. The highest BCUT2D eigenvalue weighted by Crippen LogP contribution is 2.30. The van der Waals surface area contributed by atoms with Crippen LogP contribution < -0.4 is 0 Å². The Morgan fingerprint density at radius 3 is 2.46 bits per heavy atom. The molecule has 8 nitrogen and oxygen atoms in total. The van der Waals surface area contributed by atoms with Gasteiger partial charge in [0.05, 0.1) is 6.61 Å². The monoisotopic (exact) mass is 379 g/mol. The lowest BCUT2D eigenvalue weighted by Crippen LogP contribution is -2.50. The Morgan fingerprint density at radius 1 is 1.19 bits per heavy atom. The highest BCUT2D eigenvalue weighted by atomic mass is 32.2. The molecule has 0 spiro atoms. The molecule has 26 heavy (non-hydrogen) atoms. The fourth-order valence-corrected chi connectivity index (χ4v) is 4.33. The Labute approximate surface area is 152 Å². The van der Waals surface area contributed by atoms with Crippen molar-refractivity contribution in [2.75, 3.05) is 32.8 Å². The Hall–Kier alpha value is -2.39. The quantitative estimate of drug-likeness (QED) is 0.808. The number of benzene rings is 1. The van der Waals surface area contributed by atoms with Crippen LogP contribution >= 0.6 is 0 Å². The Morgan fingerprint density at radius 2 is 1.85 bits per heavy atom. The molecule has 2 aromatic rings. The van der Waals surface area contributed by atoms with Crippen molar-refractivity contribution in [3.05, 3.63) is 36.2 Å². The van der Waals surface area contributed by atoms with Gasteiger partial charge in [-0.15, -0.1) is 0 Å². The summed E-state index contributed by atoms with van der Waals surface area (Å²) in [7, 11) is -3.83. The van der Waals surface area contributed by atoms with E-state index in [1.54, 1.807) is 26.0 Å². The third-order valence-electron chi connectivity index (χ3n) is 4.09. The van der Waals surface area contributed by atoms with Gasteiger partial charge in [-0.3, -0.25) is 0 Å². The number of oxazole rings is 1. The maximum atomic E-state index is 13.1. The molecule has 1 fully saturated rings. The Balaban J connectivity index is 1.83. The second-order valence-electron chi connectivity index (χ2n) is 5.82. The summed E-state index contributed by atoms with van der Waals surface area (Å²) >= 11 is 0. The summed E-state index contributed by atoms with van der Waals surface area (Å²) in [5.74, 6) is 0.517. The minimum atomic E-state index is -3.83. The molecule has 0 radical (unpaired) electrons. The molecule has 0 aliphatic carbocycles. The first-order valence-electron chi connectivity index (χ1n) is 8.38. The second-order valence-corrected chi connectivity index (χ2v) is 7.68. The smallest absolute Gasteiger partial charge is 0.409 e. The molecular weight excluding hydrogens is 358 g/mol. The second kappa shape index (κ2) is 7.46. The van der Waals surface area contributed by atoms with Gasteiger partial charge >= 0.3 is 6.09 Å². The standard InChI is InChI=1S/C17H21N3O5S/c1-3-24-17(21)19-9-11-20(12-10-19)26(22,23)16-15(25-13(2)18-16)14-7-5-4-6-8-14/h4-8H,3,9-12H2,1-2H3. The summed E-state index contributed by atoms with van der Waals surface area (Å²) in [5, 5.41) is -0.0919. The van der Waals surface area contributed by atoms with E-state index in [-0.39, 0.29) is 49.5 Å². The lowest BCUT2D eigenvalue weighted by atomic mass is 10.2. The maximum absolute atomic E-state index is 13.1.